The van der Waals surface area contributed by atoms with E-state index in [1.54, 1.807) is 30.5 Å². The first kappa shape index (κ1) is 19.9. The van der Waals surface area contributed by atoms with E-state index in [4.69, 9.17) is 11.5 Å². The summed E-state index contributed by atoms with van der Waals surface area (Å²) in [5.74, 6) is -0.257. The quantitative estimate of drug-likeness (QED) is 0.555. The molecule has 1 unspecified atom stereocenters. The minimum Gasteiger partial charge on any atom is -0.368 e. The van der Waals surface area contributed by atoms with E-state index in [1.165, 1.54) is 6.07 Å². The van der Waals surface area contributed by atoms with Crippen LogP contribution in [0.5, 0.6) is 0 Å². The second-order valence-corrected chi connectivity index (χ2v) is 7.63. The van der Waals surface area contributed by atoms with E-state index < -0.39 is 11.9 Å². The average Bonchev–Trinajstić information content (AvgIpc) is 2.74. The molecule has 8 heteroatoms. The fourth-order valence-corrected chi connectivity index (χ4v) is 3.77. The molecule has 30 heavy (non-hydrogen) atoms. The number of nitrogens with one attached hydrogen (secondary N) is 1. The first-order valence-electron chi connectivity index (χ1n) is 9.82. The van der Waals surface area contributed by atoms with Crippen LogP contribution >= 0.6 is 0 Å². The van der Waals surface area contributed by atoms with Gasteiger partial charge in [-0.3, -0.25) is 9.78 Å². The van der Waals surface area contributed by atoms with Gasteiger partial charge < -0.3 is 16.8 Å². The number of hydrogen-bond donors (Lipinski definition) is 3. The standard InChI is InChI=1S/C22H23FN6O/c23-16-6-2-11-26-20(16)22(9-3-10-22)13-27-18-8-7-17(28-29-18)14-4-1-5-15(12-14)19(24)21(25)30/h1-2,4-8,11-12,19H,3,9-10,13,24H2,(H2,25,30)(H,27,29). The van der Waals surface area contributed by atoms with Crippen LogP contribution in [-0.4, -0.2) is 27.6 Å². The summed E-state index contributed by atoms with van der Waals surface area (Å²) < 4.78 is 14.3. The molecule has 0 radical (unpaired) electrons. The fourth-order valence-electron chi connectivity index (χ4n) is 3.77. The number of aromatic nitrogens is 3. The molecule has 1 fully saturated rings. The zero-order chi connectivity index (χ0) is 21.1. The van der Waals surface area contributed by atoms with Crippen molar-refractivity contribution in [1.29, 1.82) is 0 Å². The molecule has 1 aromatic carbocycles. The monoisotopic (exact) mass is 406 g/mol. The maximum atomic E-state index is 14.3. The van der Waals surface area contributed by atoms with E-state index in [-0.39, 0.29) is 11.2 Å². The van der Waals surface area contributed by atoms with Crippen LogP contribution in [0, 0.1) is 5.82 Å². The molecule has 3 aromatic rings. The summed E-state index contributed by atoms with van der Waals surface area (Å²) in [6.45, 7) is 0.540. The van der Waals surface area contributed by atoms with Crippen molar-refractivity contribution < 1.29 is 9.18 Å². The van der Waals surface area contributed by atoms with Crippen molar-refractivity contribution in [3.8, 4) is 11.3 Å². The first-order valence-corrected chi connectivity index (χ1v) is 9.82. The summed E-state index contributed by atoms with van der Waals surface area (Å²) in [6.07, 6.45) is 4.44. The van der Waals surface area contributed by atoms with E-state index in [2.05, 4.69) is 20.5 Å². The largest absolute Gasteiger partial charge is 0.368 e. The number of nitrogens with zero attached hydrogens (tertiary/aromatic N) is 3. The van der Waals surface area contributed by atoms with Crippen molar-refractivity contribution in [3.05, 3.63) is 71.8 Å². The van der Waals surface area contributed by atoms with Gasteiger partial charge in [-0.2, -0.15) is 0 Å². The van der Waals surface area contributed by atoms with Gasteiger partial charge in [0.2, 0.25) is 5.91 Å². The molecule has 0 saturated heterocycles. The minimum atomic E-state index is -0.871. The summed E-state index contributed by atoms with van der Waals surface area (Å²) in [6, 6.07) is 13.0. The van der Waals surface area contributed by atoms with Crippen molar-refractivity contribution >= 4 is 11.7 Å². The second-order valence-electron chi connectivity index (χ2n) is 7.63. The normalized spacial score (nSPS) is 15.8. The molecule has 0 aliphatic heterocycles. The Hall–Kier alpha value is -3.39. The Morgan fingerprint density at radius 3 is 2.63 bits per heavy atom. The van der Waals surface area contributed by atoms with Crippen molar-refractivity contribution in [1.82, 2.24) is 15.2 Å². The summed E-state index contributed by atoms with van der Waals surface area (Å²) >= 11 is 0. The van der Waals surface area contributed by atoms with E-state index in [0.29, 0.717) is 29.3 Å². The van der Waals surface area contributed by atoms with Gasteiger partial charge in [-0.25, -0.2) is 4.39 Å². The van der Waals surface area contributed by atoms with Gasteiger partial charge in [0.25, 0.3) is 0 Å². The van der Waals surface area contributed by atoms with Crippen molar-refractivity contribution in [3.63, 3.8) is 0 Å². The van der Waals surface area contributed by atoms with Gasteiger partial charge in [0.05, 0.1) is 11.4 Å². The van der Waals surface area contributed by atoms with Crippen molar-refractivity contribution in [2.24, 2.45) is 11.5 Å². The number of hydrogen-bond acceptors (Lipinski definition) is 6. The van der Waals surface area contributed by atoms with Gasteiger partial charge in [-0.05, 0) is 48.7 Å². The Kier molecular flexibility index (Phi) is 5.41. The number of amides is 1. The molecule has 1 aliphatic rings. The molecule has 1 saturated carbocycles. The highest BCUT2D eigenvalue weighted by atomic mass is 19.1. The molecule has 154 valence electrons. The highest BCUT2D eigenvalue weighted by molar-refractivity contribution is 5.81. The summed E-state index contributed by atoms with van der Waals surface area (Å²) in [5, 5.41) is 11.8. The zero-order valence-electron chi connectivity index (χ0n) is 16.4. The van der Waals surface area contributed by atoms with Crippen LogP contribution in [0.3, 0.4) is 0 Å². The third-order valence-corrected chi connectivity index (χ3v) is 5.69. The fraction of sp³-hybridized carbons (Fsp3) is 0.273. The lowest BCUT2D eigenvalue weighted by molar-refractivity contribution is -0.119. The van der Waals surface area contributed by atoms with Crippen LogP contribution in [0.4, 0.5) is 10.2 Å². The Morgan fingerprint density at radius 2 is 2.00 bits per heavy atom. The highest BCUT2D eigenvalue weighted by Gasteiger charge is 2.41. The van der Waals surface area contributed by atoms with Crippen LogP contribution in [0.15, 0.2) is 54.7 Å². The number of rotatable bonds is 7. The number of nitrogens with two attached hydrogens (primary N) is 2. The predicted molar refractivity (Wildman–Crippen MR) is 112 cm³/mol. The van der Waals surface area contributed by atoms with E-state index in [1.807, 2.05) is 18.2 Å². The molecule has 1 atom stereocenters. The number of halogens is 1. The lowest BCUT2D eigenvalue weighted by atomic mass is 9.66. The summed E-state index contributed by atoms with van der Waals surface area (Å²) in [4.78, 5) is 15.6. The summed E-state index contributed by atoms with van der Waals surface area (Å²) in [7, 11) is 0. The maximum absolute atomic E-state index is 14.3. The Labute approximate surface area is 173 Å². The number of benzene rings is 1. The van der Waals surface area contributed by atoms with Gasteiger partial charge in [0.1, 0.15) is 17.7 Å². The van der Waals surface area contributed by atoms with E-state index in [0.717, 1.165) is 24.8 Å². The van der Waals surface area contributed by atoms with Gasteiger partial charge in [-0.1, -0.05) is 24.6 Å². The lowest BCUT2D eigenvalue weighted by Gasteiger charge is -2.41. The van der Waals surface area contributed by atoms with Gasteiger partial charge >= 0.3 is 0 Å². The molecule has 2 heterocycles. The van der Waals surface area contributed by atoms with Gasteiger partial charge in [-0.15, -0.1) is 10.2 Å². The van der Waals surface area contributed by atoms with Crippen LogP contribution in [0.2, 0.25) is 0 Å². The Bertz CT molecular complexity index is 1050. The Morgan fingerprint density at radius 1 is 1.17 bits per heavy atom. The van der Waals surface area contributed by atoms with Crippen LogP contribution in [-0.2, 0) is 10.2 Å². The first-order chi connectivity index (χ1) is 14.5. The van der Waals surface area contributed by atoms with Crippen molar-refractivity contribution in [2.75, 3.05) is 11.9 Å². The number of carbonyl (C=O) groups excluding carboxylic acids is 1. The molecular weight excluding hydrogens is 383 g/mol. The molecule has 0 bridgehead atoms. The molecule has 4 rings (SSSR count). The topological polar surface area (TPSA) is 120 Å². The number of carbonyl (C=O) groups is 1. The Balaban J connectivity index is 1.48. The minimum absolute atomic E-state index is 0.269. The SMILES string of the molecule is NC(=O)C(N)c1cccc(-c2ccc(NCC3(c4ncccc4F)CCC3)nn2)c1. The van der Waals surface area contributed by atoms with Gasteiger partial charge in [0.15, 0.2) is 0 Å². The second kappa shape index (κ2) is 8.16. The molecule has 1 aliphatic carbocycles. The molecular formula is C22H23FN6O. The average molecular weight is 406 g/mol. The van der Waals surface area contributed by atoms with Crippen LogP contribution in [0.1, 0.15) is 36.6 Å². The van der Waals surface area contributed by atoms with Crippen molar-refractivity contribution in [2.45, 2.75) is 30.7 Å². The van der Waals surface area contributed by atoms with E-state index in [9.17, 15) is 9.18 Å². The zero-order valence-corrected chi connectivity index (χ0v) is 16.4. The maximum Gasteiger partial charge on any atom is 0.238 e. The number of pyridine rings is 1. The molecule has 7 nitrogen and oxygen atoms in total. The molecule has 5 N–H and O–H groups in total. The molecule has 1 amide bonds. The predicted octanol–water partition coefficient (Wildman–Crippen LogP) is 2.70. The van der Waals surface area contributed by atoms with Crippen LogP contribution < -0.4 is 16.8 Å². The van der Waals surface area contributed by atoms with Gasteiger partial charge in [0, 0.05) is 23.7 Å². The third kappa shape index (κ3) is 3.86. The van der Waals surface area contributed by atoms with E-state index >= 15 is 0 Å². The third-order valence-electron chi connectivity index (χ3n) is 5.69. The lowest BCUT2D eigenvalue weighted by Crippen LogP contribution is -2.42. The molecule has 2 aromatic heterocycles. The highest BCUT2D eigenvalue weighted by Crippen LogP contribution is 2.43. The summed E-state index contributed by atoms with van der Waals surface area (Å²) in [5.41, 5.74) is 13.3. The smallest absolute Gasteiger partial charge is 0.238 e. The van der Waals surface area contributed by atoms with Crippen LogP contribution in [0.25, 0.3) is 11.3 Å². The molecule has 0 spiro atoms. The number of anilines is 1. The number of primary amides is 1.